The van der Waals surface area contributed by atoms with E-state index >= 15 is 0 Å². The molecular formula is C40H49NO6. The maximum Gasteiger partial charge on any atom is 0.192 e. The summed E-state index contributed by atoms with van der Waals surface area (Å²) in [6.07, 6.45) is 6.29. The lowest BCUT2D eigenvalue weighted by atomic mass is 9.40. The van der Waals surface area contributed by atoms with Gasteiger partial charge in [-0.2, -0.15) is 0 Å². The largest absolute Gasteiger partial charge is 0.388 e. The molecule has 9 rings (SSSR count). The van der Waals surface area contributed by atoms with Crippen LogP contribution in [-0.2, 0) is 26.1 Å². The number of carbonyl (C=O) groups excluding carboxylic acids is 2. The number of hydrogen-bond acceptors (Lipinski definition) is 6. The molecule has 3 fully saturated rings. The summed E-state index contributed by atoms with van der Waals surface area (Å²) in [5.41, 5.74) is 5.68. The van der Waals surface area contributed by atoms with Crippen molar-refractivity contribution in [2.24, 2.45) is 28.6 Å². The molecule has 7 nitrogen and oxygen atoms in total. The predicted molar refractivity (Wildman–Crippen MR) is 179 cm³/mol. The fourth-order valence-corrected chi connectivity index (χ4v) is 13.2. The number of ketones is 1. The SMILES string of the molecule is C=C(C)[C@H]1C(=O)c2c3c(cc4c5c(n1c24)[C@@]1(C)C(CC[C@H]2[C@]4(C)C[C@@H](C=O)OC4(O)CC[C@@]21C)C5)C1=CC(C)(C)OC(C)(C)C1[C@@H]3O. The van der Waals surface area contributed by atoms with E-state index in [0.717, 1.165) is 65.1 Å². The molecule has 0 amide bonds. The van der Waals surface area contributed by atoms with E-state index < -0.39 is 40.7 Å². The molecule has 10 atom stereocenters. The van der Waals surface area contributed by atoms with Gasteiger partial charge >= 0.3 is 0 Å². The van der Waals surface area contributed by atoms with Crippen LogP contribution in [0.25, 0.3) is 16.5 Å². The summed E-state index contributed by atoms with van der Waals surface area (Å²) in [6, 6.07) is 1.77. The maximum atomic E-state index is 14.8. The van der Waals surface area contributed by atoms with Gasteiger partial charge in [0.15, 0.2) is 11.6 Å². The Kier molecular flexibility index (Phi) is 5.56. The fourth-order valence-electron chi connectivity index (χ4n) is 13.2. The third-order valence-corrected chi connectivity index (χ3v) is 15.0. The van der Waals surface area contributed by atoms with E-state index in [9.17, 15) is 19.8 Å². The minimum atomic E-state index is -1.32. The van der Waals surface area contributed by atoms with Crippen molar-refractivity contribution in [3.63, 3.8) is 0 Å². The molecule has 1 saturated heterocycles. The molecule has 7 aliphatic rings. The molecule has 3 aliphatic heterocycles. The number of aliphatic hydroxyl groups excluding tert-OH is 1. The highest BCUT2D eigenvalue weighted by atomic mass is 16.6. The molecule has 4 heterocycles. The Balaban J connectivity index is 1.31. The highest BCUT2D eigenvalue weighted by molar-refractivity contribution is 6.18. The number of aromatic nitrogens is 1. The van der Waals surface area contributed by atoms with Crippen molar-refractivity contribution in [1.29, 1.82) is 0 Å². The van der Waals surface area contributed by atoms with Crippen LogP contribution in [0, 0.1) is 28.6 Å². The van der Waals surface area contributed by atoms with E-state index in [1.807, 2.05) is 6.92 Å². The average Bonchev–Trinajstić information content (AvgIpc) is 3.69. The van der Waals surface area contributed by atoms with Crippen molar-refractivity contribution in [3.05, 3.63) is 52.2 Å². The van der Waals surface area contributed by atoms with E-state index in [1.54, 1.807) is 0 Å². The van der Waals surface area contributed by atoms with Gasteiger partial charge in [0.25, 0.3) is 0 Å². The van der Waals surface area contributed by atoms with E-state index in [4.69, 9.17) is 9.47 Å². The van der Waals surface area contributed by atoms with Gasteiger partial charge in [-0.15, -0.1) is 0 Å². The zero-order valence-electron chi connectivity index (χ0n) is 29.1. The van der Waals surface area contributed by atoms with Gasteiger partial charge in [0, 0.05) is 39.8 Å². The van der Waals surface area contributed by atoms with E-state index in [2.05, 4.69) is 71.8 Å². The second kappa shape index (κ2) is 8.58. The molecule has 1 aromatic carbocycles. The maximum absolute atomic E-state index is 14.8. The Hall–Kier alpha value is -2.58. The first-order valence-electron chi connectivity index (χ1n) is 17.8. The molecule has 2 saturated carbocycles. The molecule has 2 aromatic rings. The molecule has 0 bridgehead atoms. The van der Waals surface area contributed by atoms with Gasteiger partial charge in [0.05, 0.1) is 28.4 Å². The summed E-state index contributed by atoms with van der Waals surface area (Å²) in [7, 11) is 0. The van der Waals surface area contributed by atoms with Crippen LogP contribution in [0.15, 0.2) is 24.3 Å². The summed E-state index contributed by atoms with van der Waals surface area (Å²) in [5.74, 6) is -1.03. The standard InChI is InChI=1S/C40H49NO6/c1-19(2)30-33(44)28-27-22(25-17-35(3,4)47-36(5,6)29(25)32(27)43)15-23-24-14-20-10-11-26-37(7,39(20,9)34(24)41(30)31(23)28)12-13-40(45)38(26,8)16-21(18-42)46-40/h15,17-18,20-21,26,29-30,32,43,45H,1,10-14,16H2,2-9H3/t20?,21-,26+,29?,30-,32+,37-,38-,39+,40?/m0/s1. The highest BCUT2D eigenvalue weighted by Crippen LogP contribution is 2.74. The number of rotatable bonds is 2. The van der Waals surface area contributed by atoms with Gasteiger partial charge < -0.3 is 29.0 Å². The van der Waals surface area contributed by atoms with Crippen LogP contribution in [-0.4, -0.2) is 49.9 Å². The number of aliphatic hydroxyl groups is 2. The summed E-state index contributed by atoms with van der Waals surface area (Å²) in [5, 5.41) is 25.2. The second-order valence-electron chi connectivity index (χ2n) is 18.1. The molecule has 250 valence electrons. The molecular weight excluding hydrogens is 590 g/mol. The smallest absolute Gasteiger partial charge is 0.192 e. The van der Waals surface area contributed by atoms with Crippen LogP contribution in [0.2, 0.25) is 0 Å². The number of ether oxygens (including phenoxy) is 2. The zero-order valence-corrected chi connectivity index (χ0v) is 29.1. The number of fused-ring (bicyclic) bond motifs is 13. The van der Waals surface area contributed by atoms with E-state index in [0.29, 0.717) is 24.3 Å². The van der Waals surface area contributed by atoms with Crippen molar-refractivity contribution < 1.29 is 29.3 Å². The molecule has 0 radical (unpaired) electrons. The van der Waals surface area contributed by atoms with Crippen LogP contribution >= 0.6 is 0 Å². The Morgan fingerprint density at radius 2 is 1.81 bits per heavy atom. The second-order valence-corrected chi connectivity index (χ2v) is 18.1. The zero-order chi connectivity index (χ0) is 33.6. The fraction of sp³-hybridized carbons (Fsp3) is 0.650. The molecule has 4 aliphatic carbocycles. The molecule has 47 heavy (non-hydrogen) atoms. The Morgan fingerprint density at radius 3 is 2.49 bits per heavy atom. The lowest BCUT2D eigenvalue weighted by Gasteiger charge is -2.65. The Labute approximate surface area is 277 Å². The highest BCUT2D eigenvalue weighted by Gasteiger charge is 2.73. The summed E-state index contributed by atoms with van der Waals surface area (Å²) < 4.78 is 14.9. The van der Waals surface area contributed by atoms with E-state index in [-0.39, 0.29) is 28.4 Å². The van der Waals surface area contributed by atoms with Crippen LogP contribution in [0.3, 0.4) is 0 Å². The van der Waals surface area contributed by atoms with Crippen LogP contribution in [0.5, 0.6) is 0 Å². The number of benzene rings is 1. The number of Topliss-reactive ketones (excluding diaryl/α,β-unsaturated/α-hetero) is 1. The topological polar surface area (TPSA) is 98.0 Å². The number of nitrogens with zero attached hydrogens (tertiary/aromatic N) is 1. The first-order valence-corrected chi connectivity index (χ1v) is 17.8. The van der Waals surface area contributed by atoms with Gasteiger partial charge in [0.2, 0.25) is 0 Å². The van der Waals surface area contributed by atoms with Crippen molar-refractivity contribution in [3.8, 4) is 0 Å². The van der Waals surface area contributed by atoms with Crippen LogP contribution in [0.4, 0.5) is 0 Å². The predicted octanol–water partition coefficient (Wildman–Crippen LogP) is 6.91. The summed E-state index contributed by atoms with van der Waals surface area (Å²) >= 11 is 0. The first kappa shape index (κ1) is 30.5. The van der Waals surface area contributed by atoms with Gasteiger partial charge in [-0.1, -0.05) is 32.9 Å². The van der Waals surface area contributed by atoms with Crippen LogP contribution in [0.1, 0.15) is 132 Å². The van der Waals surface area contributed by atoms with Gasteiger partial charge in [-0.05, 0) is 113 Å². The third-order valence-electron chi connectivity index (χ3n) is 15.0. The molecule has 7 heteroatoms. The molecule has 0 spiro atoms. The van der Waals surface area contributed by atoms with E-state index in [1.165, 1.54) is 11.3 Å². The lowest BCUT2D eigenvalue weighted by Crippen LogP contribution is -2.65. The summed E-state index contributed by atoms with van der Waals surface area (Å²) in [6.45, 7) is 21.6. The monoisotopic (exact) mass is 639 g/mol. The third kappa shape index (κ3) is 3.21. The molecule has 2 N–H and O–H groups in total. The molecule has 1 aromatic heterocycles. The van der Waals surface area contributed by atoms with Crippen molar-refractivity contribution in [1.82, 2.24) is 4.57 Å². The Morgan fingerprint density at radius 1 is 1.09 bits per heavy atom. The normalized spacial score (nSPS) is 44.7. The quantitative estimate of drug-likeness (QED) is 0.274. The van der Waals surface area contributed by atoms with Crippen LogP contribution < -0.4 is 0 Å². The lowest BCUT2D eigenvalue weighted by molar-refractivity contribution is -0.294. The first-order chi connectivity index (χ1) is 21.9. The minimum absolute atomic E-state index is 0.0287. The van der Waals surface area contributed by atoms with Crippen molar-refractivity contribution >= 4 is 28.5 Å². The number of aldehydes is 1. The number of hydrogen-bond donors (Lipinski definition) is 2. The summed E-state index contributed by atoms with van der Waals surface area (Å²) in [4.78, 5) is 26.8. The average molecular weight is 640 g/mol. The van der Waals surface area contributed by atoms with Gasteiger partial charge in [-0.3, -0.25) is 4.79 Å². The van der Waals surface area contributed by atoms with Crippen molar-refractivity contribution in [2.45, 2.75) is 135 Å². The van der Waals surface area contributed by atoms with Gasteiger partial charge in [-0.25, -0.2) is 0 Å². The number of allylic oxidation sites excluding steroid dienone is 1. The minimum Gasteiger partial charge on any atom is -0.388 e. The van der Waals surface area contributed by atoms with Gasteiger partial charge in [0.1, 0.15) is 18.4 Å². The molecule has 3 unspecified atom stereocenters. The van der Waals surface area contributed by atoms with Crippen molar-refractivity contribution in [2.75, 3.05) is 0 Å². The Bertz CT molecular complexity index is 1900. The number of carbonyl (C=O) groups is 2.